The van der Waals surface area contributed by atoms with Crippen molar-refractivity contribution in [2.75, 3.05) is 7.11 Å². The highest BCUT2D eigenvalue weighted by Crippen LogP contribution is 2.17. The summed E-state index contributed by atoms with van der Waals surface area (Å²) in [6.07, 6.45) is -0.0151. The summed E-state index contributed by atoms with van der Waals surface area (Å²) in [6, 6.07) is -0.412. The third-order valence-electron chi connectivity index (χ3n) is 2.94. The first-order valence-electron chi connectivity index (χ1n) is 6.32. The Balaban J connectivity index is 5.03. The number of nitrogens with one attached hydrogen (secondary N) is 1. The highest BCUT2D eigenvalue weighted by Gasteiger charge is 2.31. The zero-order valence-electron chi connectivity index (χ0n) is 12.2. The Morgan fingerprint density at radius 2 is 1.79 bits per heavy atom. The third-order valence-corrected chi connectivity index (χ3v) is 2.94. The maximum absolute atomic E-state index is 11.4. The lowest BCUT2D eigenvalue weighted by Crippen LogP contribution is -2.49. The van der Waals surface area contributed by atoms with Gasteiger partial charge in [0.2, 0.25) is 5.91 Å². The minimum Gasteiger partial charge on any atom is -0.469 e. The fraction of sp³-hybridized carbons (Fsp3) is 0.769. The van der Waals surface area contributed by atoms with Crippen LogP contribution in [-0.2, 0) is 23.9 Å². The second-order valence-electron chi connectivity index (χ2n) is 4.54. The van der Waals surface area contributed by atoms with Crippen molar-refractivity contribution in [3.8, 4) is 0 Å². The van der Waals surface area contributed by atoms with Crippen molar-refractivity contribution >= 4 is 17.8 Å². The molecule has 0 aliphatic heterocycles. The Kier molecular flexibility index (Phi) is 7.79. The maximum Gasteiger partial charge on any atom is 0.309 e. The van der Waals surface area contributed by atoms with Gasteiger partial charge in [-0.1, -0.05) is 20.3 Å². The van der Waals surface area contributed by atoms with Gasteiger partial charge < -0.3 is 14.8 Å². The second-order valence-corrected chi connectivity index (χ2v) is 4.54. The molecular weight excluding hydrogens is 250 g/mol. The average Bonchev–Trinajstić information content (AvgIpc) is 2.33. The number of ether oxygens (including phenoxy) is 2. The van der Waals surface area contributed by atoms with E-state index in [0.29, 0.717) is 0 Å². The van der Waals surface area contributed by atoms with E-state index in [4.69, 9.17) is 4.74 Å². The van der Waals surface area contributed by atoms with Crippen LogP contribution in [0.5, 0.6) is 0 Å². The summed E-state index contributed by atoms with van der Waals surface area (Å²) in [5, 5.41) is 2.74. The Morgan fingerprint density at radius 1 is 1.21 bits per heavy atom. The van der Waals surface area contributed by atoms with Crippen LogP contribution in [0.15, 0.2) is 0 Å². The van der Waals surface area contributed by atoms with Crippen LogP contribution >= 0.6 is 0 Å². The van der Waals surface area contributed by atoms with Crippen molar-refractivity contribution in [2.24, 2.45) is 5.92 Å². The quantitative estimate of drug-likeness (QED) is 0.701. The summed E-state index contributed by atoms with van der Waals surface area (Å²) in [6.45, 7) is 6.54. The van der Waals surface area contributed by atoms with Gasteiger partial charge in [0, 0.05) is 13.8 Å². The minimum atomic E-state index is -0.719. The summed E-state index contributed by atoms with van der Waals surface area (Å²) >= 11 is 0. The SMILES string of the molecule is CC[C@@H](C)[C@@H](NC(C)=O)[C@@H](CC(=O)OC)OC(C)=O. The number of carbonyl (C=O) groups is 3. The zero-order chi connectivity index (χ0) is 15.0. The number of esters is 2. The van der Waals surface area contributed by atoms with Crippen LogP contribution in [0.25, 0.3) is 0 Å². The van der Waals surface area contributed by atoms with Gasteiger partial charge in [-0.2, -0.15) is 0 Å². The van der Waals surface area contributed by atoms with Crippen LogP contribution in [0.1, 0.15) is 40.5 Å². The van der Waals surface area contributed by atoms with Gasteiger partial charge in [0.05, 0.1) is 19.6 Å². The molecular formula is C13H23NO5. The van der Waals surface area contributed by atoms with Crippen molar-refractivity contribution in [2.45, 2.75) is 52.7 Å². The normalized spacial score (nSPS) is 15.0. The van der Waals surface area contributed by atoms with E-state index in [2.05, 4.69) is 10.1 Å². The smallest absolute Gasteiger partial charge is 0.309 e. The molecule has 19 heavy (non-hydrogen) atoms. The maximum atomic E-state index is 11.4. The van der Waals surface area contributed by atoms with Crippen molar-refractivity contribution in [3.05, 3.63) is 0 Å². The molecule has 0 radical (unpaired) electrons. The lowest BCUT2D eigenvalue weighted by atomic mass is 9.92. The van der Waals surface area contributed by atoms with E-state index >= 15 is 0 Å². The van der Waals surface area contributed by atoms with E-state index in [1.54, 1.807) is 0 Å². The van der Waals surface area contributed by atoms with Gasteiger partial charge in [0.25, 0.3) is 0 Å². The van der Waals surface area contributed by atoms with Crippen LogP contribution < -0.4 is 5.32 Å². The van der Waals surface area contributed by atoms with Crippen molar-refractivity contribution < 1.29 is 23.9 Å². The topological polar surface area (TPSA) is 81.7 Å². The second kappa shape index (κ2) is 8.50. The Morgan fingerprint density at radius 3 is 2.16 bits per heavy atom. The Hall–Kier alpha value is -1.59. The minimum absolute atomic E-state index is 0.0675. The molecule has 0 aliphatic rings. The molecule has 1 amide bonds. The van der Waals surface area contributed by atoms with E-state index in [1.807, 2.05) is 13.8 Å². The van der Waals surface area contributed by atoms with E-state index < -0.39 is 24.1 Å². The van der Waals surface area contributed by atoms with Gasteiger partial charge in [-0.3, -0.25) is 14.4 Å². The predicted molar refractivity (Wildman–Crippen MR) is 69.2 cm³/mol. The van der Waals surface area contributed by atoms with Crippen molar-refractivity contribution in [3.63, 3.8) is 0 Å². The van der Waals surface area contributed by atoms with E-state index in [-0.39, 0.29) is 18.2 Å². The molecule has 3 atom stereocenters. The molecule has 0 saturated carbocycles. The summed E-state index contributed by atoms with van der Waals surface area (Å²) in [7, 11) is 1.27. The van der Waals surface area contributed by atoms with Crippen LogP contribution in [0, 0.1) is 5.92 Å². The molecule has 0 bridgehead atoms. The number of carbonyl (C=O) groups excluding carboxylic acids is 3. The van der Waals surface area contributed by atoms with Crippen molar-refractivity contribution in [1.82, 2.24) is 5.32 Å². The van der Waals surface area contributed by atoms with E-state index in [9.17, 15) is 14.4 Å². The Bertz CT molecular complexity index is 329. The van der Waals surface area contributed by atoms with Crippen LogP contribution in [0.2, 0.25) is 0 Å². The zero-order valence-corrected chi connectivity index (χ0v) is 12.2. The van der Waals surface area contributed by atoms with Gasteiger partial charge in [-0.25, -0.2) is 0 Å². The molecule has 6 heteroatoms. The molecule has 110 valence electrons. The summed E-state index contributed by atoms with van der Waals surface area (Å²) < 4.78 is 9.74. The highest BCUT2D eigenvalue weighted by atomic mass is 16.6. The number of methoxy groups -OCH3 is 1. The lowest BCUT2D eigenvalue weighted by Gasteiger charge is -2.30. The molecule has 0 rings (SSSR count). The largest absolute Gasteiger partial charge is 0.469 e. The lowest BCUT2D eigenvalue weighted by molar-refractivity contribution is -0.155. The van der Waals surface area contributed by atoms with Crippen LogP contribution in [0.4, 0.5) is 0 Å². The van der Waals surface area contributed by atoms with Gasteiger partial charge in [0.1, 0.15) is 6.10 Å². The van der Waals surface area contributed by atoms with E-state index in [1.165, 1.54) is 21.0 Å². The number of rotatable bonds is 7. The average molecular weight is 273 g/mol. The van der Waals surface area contributed by atoms with Crippen molar-refractivity contribution in [1.29, 1.82) is 0 Å². The molecule has 0 heterocycles. The molecule has 0 aromatic rings. The first-order chi connectivity index (χ1) is 8.81. The molecule has 6 nitrogen and oxygen atoms in total. The molecule has 0 aromatic carbocycles. The molecule has 0 aromatic heterocycles. The third kappa shape index (κ3) is 6.79. The molecule has 0 spiro atoms. The number of amides is 1. The molecule has 0 unspecified atom stereocenters. The molecule has 0 saturated heterocycles. The summed E-state index contributed by atoms with van der Waals surface area (Å²) in [4.78, 5) is 33.8. The fourth-order valence-electron chi connectivity index (χ4n) is 1.79. The standard InChI is InChI=1S/C13H23NO5/c1-6-8(2)13(14-9(3)15)11(19-10(4)16)7-12(17)18-5/h8,11,13H,6-7H2,1-5H3,(H,14,15)/t8-,11-,13-/m1/s1. The number of hydrogen-bond donors (Lipinski definition) is 1. The van der Waals surface area contributed by atoms with Gasteiger partial charge >= 0.3 is 11.9 Å². The Labute approximate surface area is 113 Å². The summed E-state index contributed by atoms with van der Waals surface area (Å²) in [5.74, 6) is -1.14. The molecule has 0 aliphatic carbocycles. The van der Waals surface area contributed by atoms with Crippen LogP contribution in [0.3, 0.4) is 0 Å². The van der Waals surface area contributed by atoms with Gasteiger partial charge in [-0.05, 0) is 5.92 Å². The molecule has 1 N–H and O–H groups in total. The van der Waals surface area contributed by atoms with Gasteiger partial charge in [0.15, 0.2) is 0 Å². The highest BCUT2D eigenvalue weighted by molar-refractivity contribution is 5.74. The van der Waals surface area contributed by atoms with Gasteiger partial charge in [-0.15, -0.1) is 0 Å². The van der Waals surface area contributed by atoms with Crippen LogP contribution in [-0.4, -0.2) is 37.1 Å². The summed E-state index contributed by atoms with van der Waals surface area (Å²) in [5.41, 5.74) is 0. The predicted octanol–water partition coefficient (Wildman–Crippen LogP) is 1.03. The van der Waals surface area contributed by atoms with E-state index in [0.717, 1.165) is 6.42 Å². The molecule has 0 fully saturated rings. The fourth-order valence-corrected chi connectivity index (χ4v) is 1.79. The first-order valence-corrected chi connectivity index (χ1v) is 6.32. The first kappa shape index (κ1) is 17.4. The number of hydrogen-bond acceptors (Lipinski definition) is 5. The monoisotopic (exact) mass is 273 g/mol.